The number of hydrogen-bond donors (Lipinski definition) is 1. The highest BCUT2D eigenvalue weighted by molar-refractivity contribution is 9.10. The van der Waals surface area contributed by atoms with Crippen molar-refractivity contribution in [3.63, 3.8) is 0 Å². The van der Waals surface area contributed by atoms with E-state index in [1.54, 1.807) is 25.1 Å². The molecule has 3 rings (SSSR count). The molecule has 0 aliphatic heterocycles. The lowest BCUT2D eigenvalue weighted by Crippen LogP contribution is -2.20. The van der Waals surface area contributed by atoms with Gasteiger partial charge < -0.3 is 9.84 Å². The number of methoxy groups -OCH3 is 1. The van der Waals surface area contributed by atoms with Crippen molar-refractivity contribution in [2.45, 2.75) is 6.92 Å². The molecule has 3 aromatic rings. The van der Waals surface area contributed by atoms with Crippen molar-refractivity contribution in [3.05, 3.63) is 61.6 Å². The van der Waals surface area contributed by atoms with Gasteiger partial charge in [-0.05, 0) is 42.8 Å². The summed E-state index contributed by atoms with van der Waals surface area (Å²) in [6.45, 7) is 1.70. The van der Waals surface area contributed by atoms with Crippen molar-refractivity contribution >= 4 is 44.6 Å². The summed E-state index contributed by atoms with van der Waals surface area (Å²) in [5, 5.41) is 14.6. The second-order valence-corrected chi connectivity index (χ2v) is 6.56. The number of benzene rings is 2. The first-order chi connectivity index (χ1) is 11.9. The number of hydrogen-bond acceptors (Lipinski definition) is 5. The van der Waals surface area contributed by atoms with Crippen LogP contribution in [0.15, 0.2) is 44.7 Å². The zero-order chi connectivity index (χ0) is 18.1. The Bertz CT molecular complexity index is 1060. The standard InChI is InChI=1S/C17H13BrClN3O3/c1-9-21-14-4-3-11(18)7-12(14)17(24)22(9)20-8-10-5-13(19)16(23)15(6-10)25-2/h3-8,23H,1-2H3. The molecule has 0 amide bonds. The van der Waals surface area contributed by atoms with Gasteiger partial charge in [-0.2, -0.15) is 9.78 Å². The highest BCUT2D eigenvalue weighted by atomic mass is 79.9. The van der Waals surface area contributed by atoms with E-state index >= 15 is 0 Å². The number of aryl methyl sites for hydroxylation is 1. The fraction of sp³-hybridized carbons (Fsp3) is 0.118. The van der Waals surface area contributed by atoms with E-state index in [2.05, 4.69) is 26.0 Å². The molecule has 0 atom stereocenters. The third-order valence-corrected chi connectivity index (χ3v) is 4.34. The largest absolute Gasteiger partial charge is 0.503 e. The van der Waals surface area contributed by atoms with E-state index < -0.39 is 0 Å². The minimum absolute atomic E-state index is 0.130. The SMILES string of the molecule is COc1cc(C=Nn2c(C)nc3ccc(Br)cc3c2=O)cc(Cl)c1O. The van der Waals surface area contributed by atoms with Crippen molar-refractivity contribution < 1.29 is 9.84 Å². The number of fused-ring (bicyclic) bond motifs is 1. The molecule has 0 aliphatic carbocycles. The number of rotatable bonds is 3. The minimum atomic E-state index is -0.281. The minimum Gasteiger partial charge on any atom is -0.503 e. The lowest BCUT2D eigenvalue weighted by Gasteiger charge is -2.07. The van der Waals surface area contributed by atoms with E-state index in [-0.39, 0.29) is 22.1 Å². The molecule has 0 spiro atoms. The summed E-state index contributed by atoms with van der Waals surface area (Å²) in [5.74, 6) is 0.526. The molecule has 0 bridgehead atoms. The summed E-state index contributed by atoms with van der Waals surface area (Å²) >= 11 is 9.31. The maximum Gasteiger partial charge on any atom is 0.282 e. The second-order valence-electron chi connectivity index (χ2n) is 5.24. The van der Waals surface area contributed by atoms with Crippen LogP contribution in [0.3, 0.4) is 0 Å². The molecule has 0 saturated carbocycles. The normalized spacial score (nSPS) is 11.4. The van der Waals surface area contributed by atoms with Crippen LogP contribution in [-0.2, 0) is 0 Å². The van der Waals surface area contributed by atoms with Gasteiger partial charge in [0.15, 0.2) is 11.5 Å². The van der Waals surface area contributed by atoms with Crippen LogP contribution >= 0.6 is 27.5 Å². The summed E-state index contributed by atoms with van der Waals surface area (Å²) < 4.78 is 7.05. The van der Waals surface area contributed by atoms with E-state index in [1.165, 1.54) is 24.1 Å². The molecule has 1 aromatic heterocycles. The zero-order valence-corrected chi connectivity index (χ0v) is 15.7. The van der Waals surface area contributed by atoms with Gasteiger partial charge >= 0.3 is 0 Å². The number of ether oxygens (including phenoxy) is 1. The molecule has 8 heteroatoms. The quantitative estimate of drug-likeness (QED) is 0.653. The Kier molecular flexibility index (Phi) is 4.78. The molecule has 128 valence electrons. The zero-order valence-electron chi connectivity index (χ0n) is 13.3. The molecule has 0 saturated heterocycles. The molecular formula is C17H13BrClN3O3. The molecule has 6 nitrogen and oxygen atoms in total. The molecule has 25 heavy (non-hydrogen) atoms. The number of phenolic OH excluding ortho intramolecular Hbond substituents is 1. The molecule has 0 fully saturated rings. The highest BCUT2D eigenvalue weighted by Crippen LogP contribution is 2.34. The van der Waals surface area contributed by atoms with Crippen molar-refractivity contribution in [1.29, 1.82) is 0 Å². The van der Waals surface area contributed by atoms with Crippen LogP contribution in [-0.4, -0.2) is 28.1 Å². The first-order valence-corrected chi connectivity index (χ1v) is 8.37. The third-order valence-electron chi connectivity index (χ3n) is 3.56. The summed E-state index contributed by atoms with van der Waals surface area (Å²) in [5.41, 5.74) is 0.892. The lowest BCUT2D eigenvalue weighted by molar-refractivity contribution is 0.373. The van der Waals surface area contributed by atoms with Crippen molar-refractivity contribution in [3.8, 4) is 11.5 Å². The Morgan fingerprint density at radius 3 is 2.84 bits per heavy atom. The van der Waals surface area contributed by atoms with Crippen LogP contribution < -0.4 is 10.3 Å². The summed E-state index contributed by atoms with van der Waals surface area (Å²) in [4.78, 5) is 17.1. The number of halogens is 2. The van der Waals surface area contributed by atoms with Crippen LogP contribution in [0.5, 0.6) is 11.5 Å². The van der Waals surface area contributed by atoms with E-state index in [0.29, 0.717) is 22.3 Å². The van der Waals surface area contributed by atoms with E-state index in [0.717, 1.165) is 4.47 Å². The van der Waals surface area contributed by atoms with Gasteiger partial charge in [0.2, 0.25) is 0 Å². The van der Waals surface area contributed by atoms with Gasteiger partial charge in [-0.3, -0.25) is 4.79 Å². The first-order valence-electron chi connectivity index (χ1n) is 7.20. The number of aromatic nitrogens is 2. The molecule has 0 unspecified atom stereocenters. The Morgan fingerprint density at radius 1 is 1.36 bits per heavy atom. The monoisotopic (exact) mass is 421 g/mol. The van der Waals surface area contributed by atoms with E-state index in [4.69, 9.17) is 16.3 Å². The number of phenols is 1. The Labute approximate surface area is 156 Å². The van der Waals surface area contributed by atoms with Gasteiger partial charge in [0.25, 0.3) is 5.56 Å². The highest BCUT2D eigenvalue weighted by Gasteiger charge is 2.10. The first kappa shape index (κ1) is 17.4. The molecule has 0 aliphatic rings. The van der Waals surface area contributed by atoms with Gasteiger partial charge in [0.1, 0.15) is 5.82 Å². The van der Waals surface area contributed by atoms with Crippen molar-refractivity contribution in [2.75, 3.05) is 7.11 Å². The fourth-order valence-corrected chi connectivity index (χ4v) is 2.92. The van der Waals surface area contributed by atoms with Crippen LogP contribution in [0.2, 0.25) is 5.02 Å². The molecule has 1 N–H and O–H groups in total. The molecule has 1 heterocycles. The average Bonchev–Trinajstić information content (AvgIpc) is 2.58. The van der Waals surface area contributed by atoms with Gasteiger partial charge in [-0.25, -0.2) is 4.98 Å². The number of aromatic hydroxyl groups is 1. The third kappa shape index (κ3) is 3.38. The lowest BCUT2D eigenvalue weighted by atomic mass is 10.2. The topological polar surface area (TPSA) is 76.7 Å². The summed E-state index contributed by atoms with van der Waals surface area (Å²) in [6, 6.07) is 8.39. The van der Waals surface area contributed by atoms with Crippen LogP contribution in [0.25, 0.3) is 10.9 Å². The fourth-order valence-electron chi connectivity index (χ4n) is 2.34. The molecule has 2 aromatic carbocycles. The Morgan fingerprint density at radius 2 is 2.12 bits per heavy atom. The van der Waals surface area contributed by atoms with Crippen molar-refractivity contribution in [1.82, 2.24) is 9.66 Å². The Balaban J connectivity index is 2.10. The maximum atomic E-state index is 12.7. The van der Waals surface area contributed by atoms with Crippen LogP contribution in [0, 0.1) is 6.92 Å². The van der Waals surface area contributed by atoms with E-state index in [1.807, 2.05) is 6.07 Å². The van der Waals surface area contributed by atoms with Gasteiger partial charge in [-0.15, -0.1) is 0 Å². The summed E-state index contributed by atoms with van der Waals surface area (Å²) in [6.07, 6.45) is 1.45. The van der Waals surface area contributed by atoms with Gasteiger partial charge in [0.05, 0.1) is 29.2 Å². The predicted octanol–water partition coefficient (Wildman–Crippen LogP) is 3.72. The van der Waals surface area contributed by atoms with E-state index in [9.17, 15) is 9.90 Å². The van der Waals surface area contributed by atoms with Crippen LogP contribution in [0.1, 0.15) is 11.4 Å². The summed E-state index contributed by atoms with van der Waals surface area (Å²) in [7, 11) is 1.42. The Hall–Kier alpha value is -2.38. The van der Waals surface area contributed by atoms with Crippen LogP contribution in [0.4, 0.5) is 0 Å². The van der Waals surface area contributed by atoms with Gasteiger partial charge in [0, 0.05) is 4.47 Å². The maximum absolute atomic E-state index is 12.7. The predicted molar refractivity (Wildman–Crippen MR) is 101 cm³/mol. The van der Waals surface area contributed by atoms with Crippen molar-refractivity contribution in [2.24, 2.45) is 5.10 Å². The molecular weight excluding hydrogens is 410 g/mol. The van der Waals surface area contributed by atoms with Gasteiger partial charge in [-0.1, -0.05) is 27.5 Å². The number of nitrogens with zero attached hydrogens (tertiary/aromatic N) is 3. The second kappa shape index (κ2) is 6.85. The smallest absolute Gasteiger partial charge is 0.282 e. The molecule has 0 radical (unpaired) electrons. The average molecular weight is 423 g/mol.